The fraction of sp³-hybridized carbons (Fsp3) is 0.455. The summed E-state index contributed by atoms with van der Waals surface area (Å²) in [7, 11) is 4.73. The molecule has 0 bridgehead atoms. The van der Waals surface area contributed by atoms with E-state index >= 15 is 0 Å². The van der Waals surface area contributed by atoms with Crippen molar-refractivity contribution >= 4 is 5.97 Å². The molecule has 0 saturated carbocycles. The van der Waals surface area contributed by atoms with Crippen molar-refractivity contribution in [2.75, 3.05) is 27.9 Å². The van der Waals surface area contributed by atoms with E-state index in [2.05, 4.69) is 9.88 Å². The molecule has 1 N–H and O–H groups in total. The maximum atomic E-state index is 12.0. The second-order valence-electron chi connectivity index (χ2n) is 7.05. The van der Waals surface area contributed by atoms with Gasteiger partial charge in [-0.3, -0.25) is 14.7 Å². The number of aromatic nitrogens is 1. The standard InChI is InChI=1S/C22H28N2O5/c1-27-19-11-10-16(20(28-2)21(19)29-3)18(14-15-8-4-6-12-23-15)24-13-7-5-9-17(24)22(25)26/h4,6,8,10-12,17-18H,5,7,9,13-14H2,1-3H3,(H,25,26). The summed E-state index contributed by atoms with van der Waals surface area (Å²) in [5.41, 5.74) is 1.76. The van der Waals surface area contributed by atoms with Gasteiger partial charge < -0.3 is 19.3 Å². The van der Waals surface area contributed by atoms with Crippen LogP contribution in [0.1, 0.15) is 36.6 Å². The van der Waals surface area contributed by atoms with Crippen LogP contribution in [-0.2, 0) is 11.2 Å². The van der Waals surface area contributed by atoms with E-state index in [1.54, 1.807) is 27.5 Å². The second-order valence-corrected chi connectivity index (χ2v) is 7.05. The maximum Gasteiger partial charge on any atom is 0.320 e. The van der Waals surface area contributed by atoms with Crippen molar-refractivity contribution in [3.05, 3.63) is 47.8 Å². The molecule has 2 aromatic rings. The molecule has 0 radical (unpaired) electrons. The van der Waals surface area contributed by atoms with Crippen LogP contribution in [0.2, 0.25) is 0 Å². The number of hydrogen-bond acceptors (Lipinski definition) is 6. The number of pyridine rings is 1. The van der Waals surface area contributed by atoms with Crippen LogP contribution in [0.5, 0.6) is 17.2 Å². The van der Waals surface area contributed by atoms with Crippen LogP contribution in [0.3, 0.4) is 0 Å². The molecule has 1 aromatic heterocycles. The summed E-state index contributed by atoms with van der Waals surface area (Å²) < 4.78 is 16.7. The zero-order valence-corrected chi connectivity index (χ0v) is 17.1. The Hall–Kier alpha value is -2.80. The Morgan fingerprint density at radius 3 is 2.55 bits per heavy atom. The van der Waals surface area contributed by atoms with E-state index in [1.165, 1.54) is 0 Å². The number of ether oxygens (including phenoxy) is 3. The number of carboxylic acid groups (broad SMARTS) is 1. The van der Waals surface area contributed by atoms with Crippen LogP contribution in [-0.4, -0.2) is 54.9 Å². The minimum absolute atomic E-state index is 0.221. The van der Waals surface area contributed by atoms with Crippen LogP contribution in [0, 0.1) is 0 Å². The molecule has 7 heteroatoms. The number of methoxy groups -OCH3 is 3. The first kappa shape index (κ1) is 20.9. The molecule has 156 valence electrons. The molecular formula is C22H28N2O5. The Bertz CT molecular complexity index is 827. The van der Waals surface area contributed by atoms with Gasteiger partial charge in [-0.05, 0) is 43.7 Å². The number of hydrogen-bond donors (Lipinski definition) is 1. The van der Waals surface area contributed by atoms with E-state index < -0.39 is 12.0 Å². The molecule has 0 aliphatic carbocycles. The third-order valence-electron chi connectivity index (χ3n) is 5.45. The van der Waals surface area contributed by atoms with Crippen molar-refractivity contribution in [1.29, 1.82) is 0 Å². The predicted molar refractivity (Wildman–Crippen MR) is 109 cm³/mol. The molecule has 3 rings (SSSR count). The van der Waals surface area contributed by atoms with Gasteiger partial charge in [0.25, 0.3) is 0 Å². The minimum atomic E-state index is -0.796. The molecule has 1 aliphatic heterocycles. The molecule has 0 spiro atoms. The Labute approximate surface area is 171 Å². The van der Waals surface area contributed by atoms with Crippen molar-refractivity contribution in [2.24, 2.45) is 0 Å². The molecule has 2 unspecified atom stereocenters. The molecule has 7 nitrogen and oxygen atoms in total. The first-order chi connectivity index (χ1) is 14.1. The zero-order valence-electron chi connectivity index (χ0n) is 17.1. The Morgan fingerprint density at radius 1 is 1.14 bits per heavy atom. The first-order valence-corrected chi connectivity index (χ1v) is 9.78. The third-order valence-corrected chi connectivity index (χ3v) is 5.45. The average Bonchev–Trinajstić information content (AvgIpc) is 2.77. The van der Waals surface area contributed by atoms with Crippen LogP contribution in [0.4, 0.5) is 0 Å². The number of rotatable bonds is 8. The van der Waals surface area contributed by atoms with E-state index in [-0.39, 0.29) is 6.04 Å². The van der Waals surface area contributed by atoms with Crippen LogP contribution in [0.15, 0.2) is 36.5 Å². The molecule has 2 heterocycles. The Balaban J connectivity index is 2.11. The SMILES string of the molecule is COc1ccc(C(Cc2ccccn2)N2CCCCC2C(=O)O)c(OC)c1OC. The average molecular weight is 400 g/mol. The van der Waals surface area contributed by atoms with Gasteiger partial charge in [-0.15, -0.1) is 0 Å². The fourth-order valence-electron chi connectivity index (χ4n) is 4.10. The van der Waals surface area contributed by atoms with Crippen LogP contribution < -0.4 is 14.2 Å². The van der Waals surface area contributed by atoms with E-state index in [9.17, 15) is 9.90 Å². The van der Waals surface area contributed by atoms with Crippen molar-refractivity contribution in [3.63, 3.8) is 0 Å². The Kier molecular flexibility index (Phi) is 6.93. The van der Waals surface area contributed by atoms with Crippen molar-refractivity contribution in [2.45, 2.75) is 37.8 Å². The summed E-state index contributed by atoms with van der Waals surface area (Å²) >= 11 is 0. The van der Waals surface area contributed by atoms with Gasteiger partial charge in [-0.1, -0.05) is 12.5 Å². The number of carbonyl (C=O) groups is 1. The summed E-state index contributed by atoms with van der Waals surface area (Å²) in [5, 5.41) is 9.85. The number of benzene rings is 1. The molecule has 1 aliphatic rings. The lowest BCUT2D eigenvalue weighted by Gasteiger charge is -2.40. The van der Waals surface area contributed by atoms with Gasteiger partial charge in [0.05, 0.1) is 21.3 Å². The molecule has 1 saturated heterocycles. The highest BCUT2D eigenvalue weighted by Gasteiger charge is 2.36. The normalized spacial score (nSPS) is 18.1. The monoisotopic (exact) mass is 400 g/mol. The summed E-state index contributed by atoms with van der Waals surface area (Å²) in [4.78, 5) is 18.5. The highest BCUT2D eigenvalue weighted by atomic mass is 16.5. The lowest BCUT2D eigenvalue weighted by atomic mass is 9.92. The van der Waals surface area contributed by atoms with E-state index in [1.807, 2.05) is 30.3 Å². The van der Waals surface area contributed by atoms with Gasteiger partial charge in [-0.2, -0.15) is 0 Å². The summed E-state index contributed by atoms with van der Waals surface area (Å²) in [6.07, 6.45) is 4.81. The highest BCUT2D eigenvalue weighted by Crippen LogP contribution is 2.45. The Morgan fingerprint density at radius 2 is 1.93 bits per heavy atom. The molecule has 0 amide bonds. The number of aliphatic carboxylic acids is 1. The molecule has 29 heavy (non-hydrogen) atoms. The maximum absolute atomic E-state index is 12.0. The smallest absolute Gasteiger partial charge is 0.320 e. The predicted octanol–water partition coefficient (Wildman–Crippen LogP) is 3.33. The fourth-order valence-corrected chi connectivity index (χ4v) is 4.10. The first-order valence-electron chi connectivity index (χ1n) is 9.78. The highest BCUT2D eigenvalue weighted by molar-refractivity contribution is 5.73. The molecule has 1 aromatic carbocycles. The summed E-state index contributed by atoms with van der Waals surface area (Å²) in [6, 6.07) is 8.77. The van der Waals surface area contributed by atoms with Crippen LogP contribution in [0.25, 0.3) is 0 Å². The van der Waals surface area contributed by atoms with Gasteiger partial charge in [0.1, 0.15) is 6.04 Å². The van der Waals surface area contributed by atoms with Gasteiger partial charge in [-0.25, -0.2) is 0 Å². The van der Waals surface area contributed by atoms with Crippen LogP contribution >= 0.6 is 0 Å². The van der Waals surface area contributed by atoms with E-state index in [4.69, 9.17) is 14.2 Å². The summed E-state index contributed by atoms with van der Waals surface area (Å²) in [5.74, 6) is 0.832. The lowest BCUT2D eigenvalue weighted by Crippen LogP contribution is -2.47. The number of piperidine rings is 1. The van der Waals surface area contributed by atoms with E-state index in [0.717, 1.165) is 24.1 Å². The minimum Gasteiger partial charge on any atom is -0.493 e. The topological polar surface area (TPSA) is 81.1 Å². The van der Waals surface area contributed by atoms with Crippen molar-refractivity contribution in [1.82, 2.24) is 9.88 Å². The molecule has 2 atom stereocenters. The van der Waals surface area contributed by atoms with E-state index in [0.29, 0.717) is 36.6 Å². The lowest BCUT2D eigenvalue weighted by molar-refractivity contribution is -0.146. The molecule has 1 fully saturated rings. The van der Waals surface area contributed by atoms with Crippen molar-refractivity contribution in [3.8, 4) is 17.2 Å². The van der Waals surface area contributed by atoms with Gasteiger partial charge in [0.15, 0.2) is 11.5 Å². The van der Waals surface area contributed by atoms with Gasteiger partial charge >= 0.3 is 5.97 Å². The number of nitrogens with zero attached hydrogens (tertiary/aromatic N) is 2. The van der Waals surface area contributed by atoms with Gasteiger partial charge in [0, 0.05) is 29.9 Å². The van der Waals surface area contributed by atoms with Gasteiger partial charge in [0.2, 0.25) is 5.75 Å². The number of likely N-dealkylation sites (tertiary alicyclic amines) is 1. The summed E-state index contributed by atoms with van der Waals surface area (Å²) in [6.45, 7) is 0.700. The number of carboxylic acids is 1. The largest absolute Gasteiger partial charge is 0.493 e. The second kappa shape index (κ2) is 9.60. The quantitative estimate of drug-likeness (QED) is 0.728. The molecular weight excluding hydrogens is 372 g/mol. The zero-order chi connectivity index (χ0) is 20.8. The third kappa shape index (κ3) is 4.45. The van der Waals surface area contributed by atoms with Crippen molar-refractivity contribution < 1.29 is 24.1 Å².